The number of benzene rings is 2. The highest BCUT2D eigenvalue weighted by Crippen LogP contribution is 2.27. The average molecular weight is 306 g/mol. The smallest absolute Gasteiger partial charge is 0.252 e. The lowest BCUT2D eigenvalue weighted by Crippen LogP contribution is -2.40. The Bertz CT molecular complexity index is 599. The van der Waals surface area contributed by atoms with Gasteiger partial charge in [-0.15, -0.1) is 0 Å². The number of carbonyl (C=O) groups excluding carboxylic acids is 1. The van der Waals surface area contributed by atoms with Crippen LogP contribution in [0.15, 0.2) is 40.9 Å². The van der Waals surface area contributed by atoms with Gasteiger partial charge in [-0.2, -0.15) is 0 Å². The van der Waals surface area contributed by atoms with Crippen molar-refractivity contribution in [3.63, 3.8) is 0 Å². The van der Waals surface area contributed by atoms with Crippen LogP contribution < -0.4 is 5.32 Å². The van der Waals surface area contributed by atoms with Crippen molar-refractivity contribution < 1.29 is 4.79 Å². The van der Waals surface area contributed by atoms with Crippen LogP contribution in [0.1, 0.15) is 31.1 Å². The van der Waals surface area contributed by atoms with E-state index in [1.165, 1.54) is 0 Å². The van der Waals surface area contributed by atoms with Crippen molar-refractivity contribution in [2.75, 3.05) is 0 Å². The lowest BCUT2D eigenvalue weighted by Gasteiger charge is -2.21. The van der Waals surface area contributed by atoms with Crippen LogP contribution in [-0.4, -0.2) is 11.4 Å². The number of hydrogen-bond acceptors (Lipinski definition) is 1. The van der Waals surface area contributed by atoms with Gasteiger partial charge in [0, 0.05) is 15.6 Å². The summed E-state index contributed by atoms with van der Waals surface area (Å²) < 4.78 is 1.01. The van der Waals surface area contributed by atoms with E-state index in [0.29, 0.717) is 5.56 Å². The number of hydrogen-bond donors (Lipinski definition) is 1. The van der Waals surface area contributed by atoms with E-state index < -0.39 is 0 Å². The van der Waals surface area contributed by atoms with Gasteiger partial charge < -0.3 is 5.32 Å². The van der Waals surface area contributed by atoms with Gasteiger partial charge in [-0.3, -0.25) is 4.79 Å². The molecule has 0 aliphatic rings. The van der Waals surface area contributed by atoms with Gasteiger partial charge in [0.1, 0.15) is 0 Å². The second kappa shape index (κ2) is 4.73. The molecule has 94 valence electrons. The maximum atomic E-state index is 12.3. The highest BCUT2D eigenvalue weighted by molar-refractivity contribution is 9.10. The molecule has 3 heteroatoms. The first-order chi connectivity index (χ1) is 8.38. The van der Waals surface area contributed by atoms with Crippen molar-refractivity contribution in [2.24, 2.45) is 0 Å². The summed E-state index contributed by atoms with van der Waals surface area (Å²) in [6.07, 6.45) is 0. The van der Waals surface area contributed by atoms with Gasteiger partial charge in [0.15, 0.2) is 0 Å². The van der Waals surface area contributed by atoms with E-state index in [0.717, 1.165) is 15.2 Å². The van der Waals surface area contributed by atoms with Gasteiger partial charge >= 0.3 is 0 Å². The number of amides is 1. The molecule has 2 rings (SSSR count). The van der Waals surface area contributed by atoms with Crippen LogP contribution in [0.25, 0.3) is 10.8 Å². The average Bonchev–Trinajstić information content (AvgIpc) is 2.27. The van der Waals surface area contributed by atoms with Gasteiger partial charge in [-0.05, 0) is 43.7 Å². The third-order valence-corrected chi connectivity index (χ3v) is 3.30. The molecule has 0 saturated heterocycles. The number of halogens is 1. The number of carbonyl (C=O) groups is 1. The molecule has 0 saturated carbocycles. The molecule has 2 nitrogen and oxygen atoms in total. The van der Waals surface area contributed by atoms with Crippen LogP contribution in [0.2, 0.25) is 0 Å². The monoisotopic (exact) mass is 305 g/mol. The Morgan fingerprint density at radius 2 is 1.67 bits per heavy atom. The van der Waals surface area contributed by atoms with Crippen molar-refractivity contribution >= 4 is 32.6 Å². The van der Waals surface area contributed by atoms with Crippen LogP contribution in [0.5, 0.6) is 0 Å². The Kier molecular flexibility index (Phi) is 3.44. The van der Waals surface area contributed by atoms with E-state index in [-0.39, 0.29) is 11.4 Å². The molecular formula is C15H16BrNO. The minimum Gasteiger partial charge on any atom is -0.347 e. The van der Waals surface area contributed by atoms with E-state index >= 15 is 0 Å². The molecule has 1 N–H and O–H groups in total. The molecule has 0 unspecified atom stereocenters. The SMILES string of the molecule is CC(C)(C)NC(=O)c1ccc(Br)c2ccccc12. The van der Waals surface area contributed by atoms with Gasteiger partial charge in [0.2, 0.25) is 0 Å². The minimum atomic E-state index is -0.231. The zero-order valence-corrected chi connectivity index (χ0v) is 12.3. The number of nitrogens with one attached hydrogen (secondary N) is 1. The van der Waals surface area contributed by atoms with E-state index in [2.05, 4.69) is 21.2 Å². The summed E-state index contributed by atoms with van der Waals surface area (Å²) in [5, 5.41) is 5.01. The molecule has 0 spiro atoms. The fourth-order valence-electron chi connectivity index (χ4n) is 1.87. The molecule has 0 bridgehead atoms. The molecule has 18 heavy (non-hydrogen) atoms. The largest absolute Gasteiger partial charge is 0.347 e. The summed E-state index contributed by atoms with van der Waals surface area (Å²) in [6, 6.07) is 11.7. The summed E-state index contributed by atoms with van der Waals surface area (Å²) in [6.45, 7) is 5.93. The topological polar surface area (TPSA) is 29.1 Å². The van der Waals surface area contributed by atoms with E-state index in [1.807, 2.05) is 57.2 Å². The van der Waals surface area contributed by atoms with Crippen molar-refractivity contribution in [3.8, 4) is 0 Å². The summed E-state index contributed by atoms with van der Waals surface area (Å²) in [5.41, 5.74) is 0.481. The molecule has 0 aromatic heterocycles. The van der Waals surface area contributed by atoms with Gasteiger partial charge in [-0.25, -0.2) is 0 Å². The van der Waals surface area contributed by atoms with E-state index in [1.54, 1.807) is 0 Å². The first-order valence-corrected chi connectivity index (χ1v) is 6.67. The lowest BCUT2D eigenvalue weighted by atomic mass is 10.0. The number of fused-ring (bicyclic) bond motifs is 1. The van der Waals surface area contributed by atoms with E-state index in [9.17, 15) is 4.79 Å². The molecule has 0 aliphatic heterocycles. The first kappa shape index (κ1) is 13.1. The van der Waals surface area contributed by atoms with Crippen LogP contribution in [0.3, 0.4) is 0 Å². The van der Waals surface area contributed by atoms with Crippen LogP contribution in [0.4, 0.5) is 0 Å². The molecular weight excluding hydrogens is 290 g/mol. The second-order valence-corrected chi connectivity index (χ2v) is 6.20. The van der Waals surface area contributed by atoms with Crippen molar-refractivity contribution in [1.82, 2.24) is 5.32 Å². The molecule has 2 aromatic carbocycles. The molecule has 2 aromatic rings. The molecule has 0 radical (unpaired) electrons. The molecule has 0 fully saturated rings. The summed E-state index contributed by atoms with van der Waals surface area (Å²) >= 11 is 3.51. The van der Waals surface area contributed by atoms with Crippen molar-refractivity contribution in [1.29, 1.82) is 0 Å². The summed E-state index contributed by atoms with van der Waals surface area (Å²) in [5.74, 6) is -0.0359. The fourth-order valence-corrected chi connectivity index (χ4v) is 2.35. The summed E-state index contributed by atoms with van der Waals surface area (Å²) in [4.78, 5) is 12.3. The summed E-state index contributed by atoms with van der Waals surface area (Å²) in [7, 11) is 0. The Morgan fingerprint density at radius 1 is 1.06 bits per heavy atom. The van der Waals surface area contributed by atoms with Gasteiger partial charge in [0.25, 0.3) is 5.91 Å². The lowest BCUT2D eigenvalue weighted by molar-refractivity contribution is 0.0921. The fraction of sp³-hybridized carbons (Fsp3) is 0.267. The van der Waals surface area contributed by atoms with Gasteiger partial charge in [-0.1, -0.05) is 40.2 Å². The maximum absolute atomic E-state index is 12.3. The third kappa shape index (κ3) is 2.72. The predicted octanol–water partition coefficient (Wildman–Crippen LogP) is 4.13. The normalized spacial score (nSPS) is 11.6. The van der Waals surface area contributed by atoms with Crippen molar-refractivity contribution in [3.05, 3.63) is 46.4 Å². The van der Waals surface area contributed by atoms with E-state index in [4.69, 9.17) is 0 Å². The maximum Gasteiger partial charge on any atom is 0.252 e. The Labute approximate surface area is 116 Å². The third-order valence-electron chi connectivity index (χ3n) is 2.60. The Hall–Kier alpha value is -1.35. The predicted molar refractivity (Wildman–Crippen MR) is 78.9 cm³/mol. The zero-order chi connectivity index (χ0) is 13.3. The quantitative estimate of drug-likeness (QED) is 0.843. The zero-order valence-electron chi connectivity index (χ0n) is 10.8. The minimum absolute atomic E-state index is 0.0359. The first-order valence-electron chi connectivity index (χ1n) is 5.88. The molecule has 0 heterocycles. The molecule has 0 aliphatic carbocycles. The van der Waals surface area contributed by atoms with Crippen molar-refractivity contribution in [2.45, 2.75) is 26.3 Å². The highest BCUT2D eigenvalue weighted by Gasteiger charge is 2.17. The Morgan fingerprint density at radius 3 is 2.28 bits per heavy atom. The van der Waals surface area contributed by atoms with Crippen LogP contribution >= 0.6 is 15.9 Å². The van der Waals surface area contributed by atoms with Crippen LogP contribution in [0, 0.1) is 0 Å². The van der Waals surface area contributed by atoms with Crippen LogP contribution in [-0.2, 0) is 0 Å². The molecule has 1 amide bonds. The molecule has 0 atom stereocenters. The standard InChI is InChI=1S/C15H16BrNO/c1-15(2,3)17-14(18)12-8-9-13(16)11-7-5-4-6-10(11)12/h4-9H,1-3H3,(H,17,18). The highest BCUT2D eigenvalue weighted by atomic mass is 79.9. The van der Waals surface area contributed by atoms with Gasteiger partial charge in [0.05, 0.1) is 0 Å². The number of rotatable bonds is 1. The Balaban J connectivity index is 2.52. The second-order valence-electron chi connectivity index (χ2n) is 5.34.